The van der Waals surface area contributed by atoms with E-state index < -0.39 is 0 Å². The summed E-state index contributed by atoms with van der Waals surface area (Å²) >= 11 is 0. The van der Waals surface area contributed by atoms with Gasteiger partial charge in [-0.2, -0.15) is 0 Å². The molecule has 0 aromatic heterocycles. The van der Waals surface area contributed by atoms with Crippen LogP contribution in [0.1, 0.15) is 43.7 Å². The molecule has 0 bridgehead atoms. The first kappa shape index (κ1) is 14.5. The molecule has 4 heteroatoms. The van der Waals surface area contributed by atoms with Crippen LogP contribution in [0.3, 0.4) is 0 Å². The molecule has 1 saturated heterocycles. The van der Waals surface area contributed by atoms with Crippen LogP contribution in [0.4, 0.5) is 0 Å². The normalized spacial score (nSPS) is 26.7. The molecule has 0 spiro atoms. The summed E-state index contributed by atoms with van der Waals surface area (Å²) in [5, 5.41) is 3.18. The van der Waals surface area contributed by atoms with Crippen LogP contribution in [0.25, 0.3) is 0 Å². The van der Waals surface area contributed by atoms with Crippen molar-refractivity contribution in [2.45, 2.75) is 38.1 Å². The summed E-state index contributed by atoms with van der Waals surface area (Å²) in [6.07, 6.45) is 6.53. The number of benzene rings is 1. The molecule has 1 heterocycles. The lowest BCUT2D eigenvalue weighted by atomic mass is 9.89. The zero-order valence-electron chi connectivity index (χ0n) is 12.5. The van der Waals surface area contributed by atoms with Gasteiger partial charge in [-0.1, -0.05) is 49.6 Å². The Bertz CT molecular complexity index is 456. The summed E-state index contributed by atoms with van der Waals surface area (Å²) in [6, 6.07) is 10.3. The second-order valence-corrected chi connectivity index (χ2v) is 6.27. The molecule has 2 atom stereocenters. The summed E-state index contributed by atoms with van der Waals surface area (Å²) in [5.74, 6) is 0.822. The van der Waals surface area contributed by atoms with Crippen LogP contribution in [0.5, 0.6) is 0 Å². The lowest BCUT2D eigenvalue weighted by Crippen LogP contribution is -2.38. The van der Waals surface area contributed by atoms with Crippen molar-refractivity contribution in [3.63, 3.8) is 0 Å². The lowest BCUT2D eigenvalue weighted by Gasteiger charge is -2.24. The van der Waals surface area contributed by atoms with Gasteiger partial charge < -0.3 is 5.32 Å². The van der Waals surface area contributed by atoms with E-state index in [2.05, 4.69) is 28.3 Å². The van der Waals surface area contributed by atoms with Gasteiger partial charge in [0.2, 0.25) is 5.91 Å². The molecule has 2 unspecified atom stereocenters. The molecule has 0 radical (unpaired) electrons. The third-order valence-corrected chi connectivity index (χ3v) is 4.77. The molecule has 1 saturated carbocycles. The molecule has 1 aromatic rings. The molecule has 4 nitrogen and oxygen atoms in total. The molecule has 2 fully saturated rings. The van der Waals surface area contributed by atoms with Gasteiger partial charge in [0.1, 0.15) is 0 Å². The van der Waals surface area contributed by atoms with E-state index in [1.54, 1.807) is 0 Å². The highest BCUT2D eigenvalue weighted by atomic mass is 16.2. The van der Waals surface area contributed by atoms with Crippen molar-refractivity contribution in [3.05, 3.63) is 35.9 Å². The Balaban J connectivity index is 1.55. The first-order valence-corrected chi connectivity index (χ1v) is 8.15. The zero-order valence-corrected chi connectivity index (χ0v) is 12.5. The Morgan fingerprint density at radius 3 is 2.67 bits per heavy atom. The van der Waals surface area contributed by atoms with E-state index in [1.807, 2.05) is 18.2 Å². The second kappa shape index (κ2) is 7.05. The fourth-order valence-corrected chi connectivity index (χ4v) is 3.48. The molecule has 1 aliphatic heterocycles. The molecule has 2 aliphatic rings. The highest BCUT2D eigenvalue weighted by Crippen LogP contribution is 2.26. The van der Waals surface area contributed by atoms with E-state index in [9.17, 15) is 4.79 Å². The first-order valence-electron chi connectivity index (χ1n) is 8.15. The van der Waals surface area contributed by atoms with Gasteiger partial charge in [-0.05, 0) is 24.3 Å². The Hall–Kier alpha value is -1.39. The topological polar surface area (TPSA) is 53.2 Å². The van der Waals surface area contributed by atoms with E-state index in [1.165, 1.54) is 37.7 Å². The van der Waals surface area contributed by atoms with Crippen molar-refractivity contribution in [1.29, 1.82) is 0 Å². The average molecular weight is 287 g/mol. The van der Waals surface area contributed by atoms with E-state index in [0.29, 0.717) is 12.5 Å². The van der Waals surface area contributed by atoms with Gasteiger partial charge in [-0.3, -0.25) is 10.2 Å². The minimum Gasteiger partial charge on any atom is -0.355 e. The number of carbonyl (C=O) groups excluding carboxylic acids is 1. The van der Waals surface area contributed by atoms with Gasteiger partial charge in [-0.15, -0.1) is 0 Å². The number of amides is 1. The quantitative estimate of drug-likeness (QED) is 0.795. The third kappa shape index (κ3) is 3.63. The highest BCUT2D eigenvalue weighted by Gasteiger charge is 2.33. The maximum Gasteiger partial charge on any atom is 0.226 e. The van der Waals surface area contributed by atoms with Crippen molar-refractivity contribution < 1.29 is 4.79 Å². The van der Waals surface area contributed by atoms with Crippen LogP contribution in [-0.4, -0.2) is 19.0 Å². The molecular weight excluding hydrogens is 262 g/mol. The minimum atomic E-state index is -0.0315. The second-order valence-electron chi connectivity index (χ2n) is 6.27. The maximum absolute atomic E-state index is 12.5. The van der Waals surface area contributed by atoms with Crippen LogP contribution < -0.4 is 16.2 Å². The van der Waals surface area contributed by atoms with Gasteiger partial charge >= 0.3 is 0 Å². The molecule has 3 N–H and O–H groups in total. The van der Waals surface area contributed by atoms with Crippen LogP contribution >= 0.6 is 0 Å². The summed E-state index contributed by atoms with van der Waals surface area (Å²) in [6.45, 7) is 1.53. The SMILES string of the molecule is O=C(NCC1CCCCC1)C1CNNC1c1ccccc1. The summed E-state index contributed by atoms with van der Waals surface area (Å²) in [4.78, 5) is 12.5. The standard InChI is InChI=1S/C17H25N3O/c21-17(18-11-13-7-3-1-4-8-13)15-12-19-20-16(15)14-9-5-2-6-10-14/h2,5-6,9-10,13,15-16,19-20H,1,3-4,7-8,11-12H2,(H,18,21). The molecule has 21 heavy (non-hydrogen) atoms. The zero-order chi connectivity index (χ0) is 14.5. The van der Waals surface area contributed by atoms with E-state index in [0.717, 1.165) is 6.54 Å². The number of hydrogen-bond donors (Lipinski definition) is 3. The first-order chi connectivity index (χ1) is 10.3. The van der Waals surface area contributed by atoms with Crippen molar-refractivity contribution in [2.75, 3.05) is 13.1 Å². The highest BCUT2D eigenvalue weighted by molar-refractivity contribution is 5.80. The maximum atomic E-state index is 12.5. The Morgan fingerprint density at radius 1 is 1.14 bits per heavy atom. The van der Waals surface area contributed by atoms with Crippen molar-refractivity contribution >= 4 is 5.91 Å². The van der Waals surface area contributed by atoms with E-state index in [4.69, 9.17) is 0 Å². The number of rotatable bonds is 4. The summed E-state index contributed by atoms with van der Waals surface area (Å²) in [5.41, 5.74) is 7.53. The van der Waals surface area contributed by atoms with Crippen LogP contribution in [0.15, 0.2) is 30.3 Å². The number of nitrogens with one attached hydrogen (secondary N) is 3. The van der Waals surface area contributed by atoms with Gasteiger partial charge in [0.05, 0.1) is 12.0 Å². The third-order valence-electron chi connectivity index (χ3n) is 4.77. The average Bonchev–Trinajstić information content (AvgIpc) is 3.04. The number of carbonyl (C=O) groups is 1. The predicted molar refractivity (Wildman–Crippen MR) is 83.4 cm³/mol. The lowest BCUT2D eigenvalue weighted by molar-refractivity contribution is -0.125. The van der Waals surface area contributed by atoms with E-state index >= 15 is 0 Å². The van der Waals surface area contributed by atoms with Gasteiger partial charge in [0.25, 0.3) is 0 Å². The summed E-state index contributed by atoms with van der Waals surface area (Å²) in [7, 11) is 0. The van der Waals surface area contributed by atoms with E-state index in [-0.39, 0.29) is 17.9 Å². The Kier molecular flexibility index (Phi) is 4.88. The smallest absolute Gasteiger partial charge is 0.226 e. The Labute approximate surface area is 126 Å². The number of hydrogen-bond acceptors (Lipinski definition) is 3. The van der Waals surface area contributed by atoms with Crippen LogP contribution in [0, 0.1) is 11.8 Å². The van der Waals surface area contributed by atoms with Crippen molar-refractivity contribution in [2.24, 2.45) is 11.8 Å². The predicted octanol–water partition coefficient (Wildman–Crippen LogP) is 2.15. The molecule has 1 aromatic carbocycles. The van der Waals surface area contributed by atoms with Crippen LogP contribution in [0.2, 0.25) is 0 Å². The minimum absolute atomic E-state index is 0.0315. The van der Waals surface area contributed by atoms with Crippen molar-refractivity contribution in [3.8, 4) is 0 Å². The monoisotopic (exact) mass is 287 g/mol. The summed E-state index contributed by atoms with van der Waals surface area (Å²) < 4.78 is 0. The molecule has 1 amide bonds. The Morgan fingerprint density at radius 2 is 1.90 bits per heavy atom. The van der Waals surface area contributed by atoms with Gasteiger partial charge in [-0.25, -0.2) is 5.43 Å². The van der Waals surface area contributed by atoms with Gasteiger partial charge in [0.15, 0.2) is 0 Å². The number of hydrazine groups is 1. The molecule has 114 valence electrons. The van der Waals surface area contributed by atoms with Gasteiger partial charge in [0, 0.05) is 13.1 Å². The fourth-order valence-electron chi connectivity index (χ4n) is 3.48. The molecule has 1 aliphatic carbocycles. The van der Waals surface area contributed by atoms with Crippen molar-refractivity contribution in [1.82, 2.24) is 16.2 Å². The molecular formula is C17H25N3O. The molecule has 3 rings (SSSR count). The fraction of sp³-hybridized carbons (Fsp3) is 0.588. The van der Waals surface area contributed by atoms with Crippen LogP contribution in [-0.2, 0) is 4.79 Å². The largest absolute Gasteiger partial charge is 0.355 e.